The van der Waals surface area contributed by atoms with Crippen LogP contribution >= 0.6 is 23.4 Å². The van der Waals surface area contributed by atoms with Crippen LogP contribution in [0.3, 0.4) is 0 Å². The number of carbonyl (C=O) groups excluding carboxylic acids is 1. The number of furan rings is 1. The molecule has 30 heavy (non-hydrogen) atoms. The number of hydrogen-bond acceptors (Lipinski definition) is 5. The average Bonchev–Trinajstić information content (AvgIpc) is 3.31. The number of carbonyl (C=O) groups is 1. The number of hydrogen-bond donors (Lipinski definition) is 0. The van der Waals surface area contributed by atoms with E-state index in [-0.39, 0.29) is 11.2 Å². The van der Waals surface area contributed by atoms with Gasteiger partial charge in [0.2, 0.25) is 5.91 Å². The third kappa shape index (κ3) is 4.90. The summed E-state index contributed by atoms with van der Waals surface area (Å²) in [5.74, 6) is 1.70. The molecule has 0 radical (unpaired) electrons. The van der Waals surface area contributed by atoms with Crippen molar-refractivity contribution in [1.29, 1.82) is 0 Å². The lowest BCUT2D eigenvalue weighted by molar-refractivity contribution is -0.130. The molecule has 1 saturated heterocycles. The van der Waals surface area contributed by atoms with E-state index in [1.807, 2.05) is 52.8 Å². The van der Waals surface area contributed by atoms with Gasteiger partial charge in [0.15, 0.2) is 11.0 Å². The summed E-state index contributed by atoms with van der Waals surface area (Å²) in [6.45, 7) is 4.13. The first kappa shape index (κ1) is 21.0. The van der Waals surface area contributed by atoms with Gasteiger partial charge in [-0.25, -0.2) is 0 Å². The van der Waals surface area contributed by atoms with Crippen molar-refractivity contribution < 1.29 is 9.21 Å². The number of amides is 1. The van der Waals surface area contributed by atoms with Crippen molar-refractivity contribution in [3.63, 3.8) is 0 Å². The zero-order chi connectivity index (χ0) is 20.9. The van der Waals surface area contributed by atoms with Gasteiger partial charge in [0.25, 0.3) is 0 Å². The average molecular weight is 445 g/mol. The molecule has 2 aromatic heterocycles. The minimum atomic E-state index is -0.235. The predicted molar refractivity (Wildman–Crippen MR) is 119 cm³/mol. The van der Waals surface area contributed by atoms with Crippen molar-refractivity contribution in [3.8, 4) is 11.4 Å². The van der Waals surface area contributed by atoms with E-state index in [4.69, 9.17) is 16.0 Å². The number of nitrogens with zero attached hydrogens (tertiary/aromatic N) is 4. The zero-order valence-corrected chi connectivity index (χ0v) is 18.5. The van der Waals surface area contributed by atoms with Crippen LogP contribution in [0.15, 0.2) is 52.2 Å². The van der Waals surface area contributed by atoms with Crippen LogP contribution in [-0.4, -0.2) is 43.9 Å². The smallest absolute Gasteiger partial charge is 0.235 e. The first-order chi connectivity index (χ1) is 14.6. The van der Waals surface area contributed by atoms with E-state index in [1.54, 1.807) is 6.26 Å². The van der Waals surface area contributed by atoms with Gasteiger partial charge in [0.1, 0.15) is 5.76 Å². The third-order valence-electron chi connectivity index (χ3n) is 5.26. The van der Waals surface area contributed by atoms with E-state index in [0.29, 0.717) is 16.7 Å². The van der Waals surface area contributed by atoms with Crippen molar-refractivity contribution in [2.24, 2.45) is 0 Å². The number of rotatable bonds is 6. The maximum atomic E-state index is 13.0. The van der Waals surface area contributed by atoms with E-state index >= 15 is 0 Å². The molecule has 0 spiro atoms. The highest BCUT2D eigenvalue weighted by molar-refractivity contribution is 8.00. The molecule has 158 valence electrons. The highest BCUT2D eigenvalue weighted by Gasteiger charge is 2.25. The first-order valence-electron chi connectivity index (χ1n) is 10.3. The SMILES string of the molecule is C[C@@H](Sc1nnc(-c2ccc(Cl)cc2)n1Cc1ccco1)C(=O)N1CCCCCC1. The van der Waals surface area contributed by atoms with E-state index < -0.39 is 0 Å². The molecule has 3 heterocycles. The van der Waals surface area contributed by atoms with Crippen LogP contribution in [0.25, 0.3) is 11.4 Å². The molecule has 1 atom stereocenters. The maximum Gasteiger partial charge on any atom is 0.235 e. The van der Waals surface area contributed by atoms with Crippen molar-refractivity contribution in [1.82, 2.24) is 19.7 Å². The van der Waals surface area contributed by atoms with Gasteiger partial charge < -0.3 is 9.32 Å². The van der Waals surface area contributed by atoms with Gasteiger partial charge in [0, 0.05) is 23.7 Å². The second kappa shape index (κ2) is 9.71. The minimum absolute atomic E-state index is 0.169. The van der Waals surface area contributed by atoms with E-state index in [9.17, 15) is 4.79 Å². The molecule has 1 fully saturated rings. The molecule has 0 aliphatic carbocycles. The third-order valence-corrected chi connectivity index (χ3v) is 6.58. The standard InChI is InChI=1S/C22H25ClN4O2S/c1-16(21(28)26-12-4-2-3-5-13-26)30-22-25-24-20(17-8-10-18(23)11-9-17)27(22)15-19-7-6-14-29-19/h6-11,14,16H,2-5,12-13,15H2,1H3/t16-/m1/s1. The molecule has 1 aliphatic rings. The van der Waals surface area contributed by atoms with Gasteiger partial charge >= 0.3 is 0 Å². The van der Waals surface area contributed by atoms with Crippen molar-refractivity contribution >= 4 is 29.3 Å². The number of aromatic nitrogens is 3. The second-order valence-corrected chi connectivity index (χ2v) is 9.22. The lowest BCUT2D eigenvalue weighted by Crippen LogP contribution is -2.37. The Labute approximate surface area is 185 Å². The Bertz CT molecular complexity index is 964. The molecule has 1 amide bonds. The minimum Gasteiger partial charge on any atom is -0.467 e. The summed E-state index contributed by atoms with van der Waals surface area (Å²) in [4.78, 5) is 15.0. The Kier molecular flexibility index (Phi) is 6.79. The molecule has 1 aromatic carbocycles. The van der Waals surface area contributed by atoms with Crippen LogP contribution < -0.4 is 0 Å². The molecule has 0 N–H and O–H groups in total. The van der Waals surface area contributed by atoms with Gasteiger partial charge in [-0.1, -0.05) is 36.2 Å². The lowest BCUT2D eigenvalue weighted by atomic mass is 10.2. The molecular weight excluding hydrogens is 420 g/mol. The Morgan fingerprint density at radius 1 is 1.13 bits per heavy atom. The summed E-state index contributed by atoms with van der Waals surface area (Å²) < 4.78 is 7.55. The van der Waals surface area contributed by atoms with Crippen LogP contribution in [0.2, 0.25) is 5.02 Å². The highest BCUT2D eigenvalue weighted by atomic mass is 35.5. The fourth-order valence-electron chi connectivity index (χ4n) is 3.65. The molecule has 1 aliphatic heterocycles. The van der Waals surface area contributed by atoms with Crippen LogP contribution in [0, 0.1) is 0 Å². The summed E-state index contributed by atoms with van der Waals surface area (Å²) in [5.41, 5.74) is 0.914. The fourth-order valence-corrected chi connectivity index (χ4v) is 4.70. The quantitative estimate of drug-likeness (QED) is 0.493. The van der Waals surface area contributed by atoms with Gasteiger partial charge in [-0.15, -0.1) is 10.2 Å². The van der Waals surface area contributed by atoms with Crippen LogP contribution in [-0.2, 0) is 11.3 Å². The predicted octanol–water partition coefficient (Wildman–Crippen LogP) is 5.12. The summed E-state index contributed by atoms with van der Waals surface area (Å²) in [7, 11) is 0. The fraction of sp³-hybridized carbons (Fsp3) is 0.409. The summed E-state index contributed by atoms with van der Waals surface area (Å²) in [6, 6.07) is 11.3. The molecule has 8 heteroatoms. The Morgan fingerprint density at radius 3 is 2.53 bits per heavy atom. The Balaban J connectivity index is 1.58. The van der Waals surface area contributed by atoms with Crippen molar-refractivity contribution in [3.05, 3.63) is 53.4 Å². The Hall–Kier alpha value is -2.25. The number of likely N-dealkylation sites (tertiary alicyclic amines) is 1. The van der Waals surface area contributed by atoms with Gasteiger partial charge in [-0.2, -0.15) is 0 Å². The topological polar surface area (TPSA) is 64.2 Å². The number of halogens is 1. The molecule has 4 rings (SSSR count). The summed E-state index contributed by atoms with van der Waals surface area (Å²) in [6.07, 6.45) is 6.22. The van der Waals surface area contributed by atoms with E-state index in [0.717, 1.165) is 43.1 Å². The maximum absolute atomic E-state index is 13.0. The number of thioether (sulfide) groups is 1. The number of benzene rings is 1. The van der Waals surface area contributed by atoms with E-state index in [2.05, 4.69) is 10.2 Å². The zero-order valence-electron chi connectivity index (χ0n) is 17.0. The molecule has 3 aromatic rings. The monoisotopic (exact) mass is 444 g/mol. The van der Waals surface area contributed by atoms with Gasteiger partial charge in [-0.05, 0) is 56.2 Å². The molecule has 0 saturated carbocycles. The normalized spacial score (nSPS) is 15.7. The molecule has 0 unspecified atom stereocenters. The van der Waals surface area contributed by atoms with Gasteiger partial charge in [-0.3, -0.25) is 9.36 Å². The van der Waals surface area contributed by atoms with Crippen molar-refractivity contribution in [2.75, 3.05) is 13.1 Å². The van der Waals surface area contributed by atoms with Crippen molar-refractivity contribution in [2.45, 2.75) is 49.6 Å². The van der Waals surface area contributed by atoms with E-state index in [1.165, 1.54) is 24.6 Å². The summed E-state index contributed by atoms with van der Waals surface area (Å²) in [5, 5.41) is 9.97. The van der Waals surface area contributed by atoms with Gasteiger partial charge in [0.05, 0.1) is 18.1 Å². The largest absolute Gasteiger partial charge is 0.467 e. The second-order valence-electron chi connectivity index (χ2n) is 7.48. The Morgan fingerprint density at radius 2 is 1.87 bits per heavy atom. The lowest BCUT2D eigenvalue weighted by Gasteiger charge is -2.23. The first-order valence-corrected chi connectivity index (χ1v) is 11.5. The highest BCUT2D eigenvalue weighted by Crippen LogP contribution is 2.29. The van der Waals surface area contributed by atoms with Crippen LogP contribution in [0.5, 0.6) is 0 Å². The molecule has 0 bridgehead atoms. The van der Waals surface area contributed by atoms with Crippen LogP contribution in [0.1, 0.15) is 38.4 Å². The molecular formula is C22H25ClN4O2S. The summed E-state index contributed by atoms with van der Waals surface area (Å²) >= 11 is 7.49. The molecule has 6 nitrogen and oxygen atoms in total. The van der Waals surface area contributed by atoms with Crippen LogP contribution in [0.4, 0.5) is 0 Å².